The molecule has 0 atom stereocenters. The summed E-state index contributed by atoms with van der Waals surface area (Å²) in [7, 11) is 1.41. The highest BCUT2D eigenvalue weighted by Gasteiger charge is 2.19. The molecule has 2 aromatic rings. The molecule has 29 heavy (non-hydrogen) atoms. The van der Waals surface area contributed by atoms with Gasteiger partial charge in [0.2, 0.25) is 5.91 Å². The second-order valence-electron chi connectivity index (χ2n) is 5.67. The van der Waals surface area contributed by atoms with E-state index >= 15 is 0 Å². The van der Waals surface area contributed by atoms with Crippen LogP contribution in [0.3, 0.4) is 0 Å². The highest BCUT2D eigenvalue weighted by atomic mass is 16.6. The summed E-state index contributed by atoms with van der Waals surface area (Å²) in [4.78, 5) is 26.5. The van der Waals surface area contributed by atoms with E-state index in [1.165, 1.54) is 43.7 Å². The monoisotopic (exact) mass is 397 g/mol. The number of nitrogens with zero attached hydrogens (tertiary/aromatic N) is 2. The lowest BCUT2D eigenvalue weighted by molar-refractivity contribution is -0.386. The first kappa shape index (κ1) is 21.4. The molecule has 1 heterocycles. The number of amides is 1. The summed E-state index contributed by atoms with van der Waals surface area (Å²) < 4.78 is 15.9. The number of benzene rings is 1. The molecule has 0 aliphatic rings. The van der Waals surface area contributed by atoms with Gasteiger partial charge in [-0.15, -0.1) is 6.42 Å². The Labute approximate surface area is 167 Å². The molecular formula is C20H19N3O6. The summed E-state index contributed by atoms with van der Waals surface area (Å²) in [5.74, 6) is 2.26. The number of aromatic nitrogens is 1. The van der Waals surface area contributed by atoms with Gasteiger partial charge in [0.15, 0.2) is 11.5 Å². The van der Waals surface area contributed by atoms with Crippen LogP contribution in [0.25, 0.3) is 0 Å². The predicted molar refractivity (Wildman–Crippen MR) is 106 cm³/mol. The van der Waals surface area contributed by atoms with Crippen molar-refractivity contribution in [2.45, 2.75) is 6.92 Å². The van der Waals surface area contributed by atoms with E-state index in [0.717, 1.165) is 0 Å². The number of terminal acetylenes is 1. The topological polar surface area (TPSA) is 113 Å². The highest BCUT2D eigenvalue weighted by Crippen LogP contribution is 2.36. The van der Waals surface area contributed by atoms with Gasteiger partial charge >= 0.3 is 5.69 Å². The number of carbonyl (C=O) groups is 1. The number of methoxy groups -OCH3 is 1. The van der Waals surface area contributed by atoms with Crippen LogP contribution in [-0.2, 0) is 9.53 Å². The minimum atomic E-state index is -0.573. The smallest absolute Gasteiger partial charge is 0.331 e. The maximum Gasteiger partial charge on any atom is 0.331 e. The van der Waals surface area contributed by atoms with E-state index in [0.29, 0.717) is 11.3 Å². The Balaban J connectivity index is 2.12. The summed E-state index contributed by atoms with van der Waals surface area (Å²) >= 11 is 0. The fourth-order valence-electron chi connectivity index (χ4n) is 2.21. The Morgan fingerprint density at radius 1 is 1.38 bits per heavy atom. The van der Waals surface area contributed by atoms with Crippen LogP contribution >= 0.6 is 0 Å². The lowest BCUT2D eigenvalue weighted by Crippen LogP contribution is -2.08. The molecule has 0 unspecified atom stereocenters. The Hall–Kier alpha value is -3.90. The number of aryl methyl sites for hydroxylation is 1. The average molecular weight is 397 g/mol. The van der Waals surface area contributed by atoms with Gasteiger partial charge in [0.1, 0.15) is 6.61 Å². The molecule has 0 spiro atoms. The van der Waals surface area contributed by atoms with E-state index in [4.69, 9.17) is 20.6 Å². The van der Waals surface area contributed by atoms with E-state index in [9.17, 15) is 14.9 Å². The molecule has 1 aromatic carbocycles. The third-order valence-electron chi connectivity index (χ3n) is 3.47. The molecule has 1 amide bonds. The number of hydrogen-bond acceptors (Lipinski definition) is 7. The fourth-order valence-corrected chi connectivity index (χ4v) is 2.21. The molecule has 0 radical (unpaired) electrons. The van der Waals surface area contributed by atoms with Gasteiger partial charge in [-0.2, -0.15) is 0 Å². The molecule has 9 heteroatoms. The Bertz CT molecular complexity index is 965. The van der Waals surface area contributed by atoms with Gasteiger partial charge < -0.3 is 19.5 Å². The van der Waals surface area contributed by atoms with Crippen LogP contribution in [0.2, 0.25) is 0 Å². The lowest BCUT2D eigenvalue weighted by atomic mass is 10.2. The van der Waals surface area contributed by atoms with Crippen LogP contribution in [0.4, 0.5) is 11.4 Å². The zero-order valence-corrected chi connectivity index (χ0v) is 15.9. The number of nitro groups is 1. The largest absolute Gasteiger partial charge is 0.493 e. The number of pyridine rings is 1. The molecule has 0 bridgehead atoms. The number of anilines is 1. The number of ether oxygens (including phenoxy) is 3. The zero-order valence-electron chi connectivity index (χ0n) is 15.9. The van der Waals surface area contributed by atoms with Crippen LogP contribution in [0.1, 0.15) is 5.56 Å². The van der Waals surface area contributed by atoms with Crippen LogP contribution in [0, 0.1) is 29.4 Å². The lowest BCUT2D eigenvalue weighted by Gasteiger charge is -2.12. The number of hydrogen-bond donors (Lipinski definition) is 1. The van der Waals surface area contributed by atoms with Gasteiger partial charge in [-0.3, -0.25) is 14.9 Å². The molecule has 0 aliphatic heterocycles. The number of carbonyl (C=O) groups excluding carboxylic acids is 1. The molecular weight excluding hydrogens is 378 g/mol. The van der Waals surface area contributed by atoms with Crippen molar-refractivity contribution in [1.82, 2.24) is 4.98 Å². The second-order valence-corrected chi connectivity index (χ2v) is 5.67. The van der Waals surface area contributed by atoms with Crippen molar-refractivity contribution >= 4 is 17.3 Å². The summed E-state index contributed by atoms with van der Waals surface area (Å²) in [6, 6.07) is 5.97. The average Bonchev–Trinajstić information content (AvgIpc) is 2.70. The van der Waals surface area contributed by atoms with Crippen molar-refractivity contribution in [3.8, 4) is 29.7 Å². The van der Waals surface area contributed by atoms with E-state index in [1.54, 1.807) is 13.0 Å². The molecule has 0 fully saturated rings. The minimum absolute atomic E-state index is 0.161. The van der Waals surface area contributed by atoms with Gasteiger partial charge in [-0.1, -0.05) is 12.0 Å². The van der Waals surface area contributed by atoms with E-state index in [-0.39, 0.29) is 42.2 Å². The molecule has 0 aliphatic carbocycles. The maximum absolute atomic E-state index is 11.9. The summed E-state index contributed by atoms with van der Waals surface area (Å²) in [6.45, 7) is 2.08. The Morgan fingerprint density at radius 3 is 2.86 bits per heavy atom. The molecule has 1 N–H and O–H groups in total. The Kier molecular flexibility index (Phi) is 7.70. The van der Waals surface area contributed by atoms with Crippen molar-refractivity contribution in [2.75, 3.05) is 25.6 Å². The second kappa shape index (κ2) is 10.4. The SMILES string of the molecule is C#CCOC/C=C/C(=O)Nc1ccc(Oc2ncc(C)cc2[N+](=O)[O-])c(OC)c1. The van der Waals surface area contributed by atoms with Crippen molar-refractivity contribution in [1.29, 1.82) is 0 Å². The van der Waals surface area contributed by atoms with Gasteiger partial charge in [0.25, 0.3) is 5.88 Å². The predicted octanol–water partition coefficient (Wildman–Crippen LogP) is 3.24. The normalized spacial score (nSPS) is 10.4. The highest BCUT2D eigenvalue weighted by molar-refractivity contribution is 5.99. The van der Waals surface area contributed by atoms with Gasteiger partial charge in [0.05, 0.1) is 18.6 Å². The van der Waals surface area contributed by atoms with Crippen molar-refractivity contribution < 1.29 is 23.9 Å². The van der Waals surface area contributed by atoms with Gasteiger partial charge in [-0.05, 0) is 24.6 Å². The summed E-state index contributed by atoms with van der Waals surface area (Å²) in [5, 5.41) is 13.9. The first-order valence-electron chi connectivity index (χ1n) is 8.40. The quantitative estimate of drug-likeness (QED) is 0.227. The van der Waals surface area contributed by atoms with Gasteiger partial charge in [0, 0.05) is 30.1 Å². The third-order valence-corrected chi connectivity index (χ3v) is 3.47. The van der Waals surface area contributed by atoms with Crippen LogP contribution in [0.5, 0.6) is 17.4 Å². The zero-order chi connectivity index (χ0) is 21.2. The summed E-state index contributed by atoms with van der Waals surface area (Å²) in [6.07, 6.45) is 9.36. The number of nitrogens with one attached hydrogen (secondary N) is 1. The van der Waals surface area contributed by atoms with E-state index in [1.807, 2.05) is 0 Å². The molecule has 9 nitrogen and oxygen atoms in total. The van der Waals surface area contributed by atoms with Crippen molar-refractivity contribution in [3.63, 3.8) is 0 Å². The van der Waals surface area contributed by atoms with E-state index < -0.39 is 4.92 Å². The van der Waals surface area contributed by atoms with Crippen LogP contribution in [0.15, 0.2) is 42.6 Å². The minimum Gasteiger partial charge on any atom is -0.493 e. The molecule has 2 rings (SSSR count). The van der Waals surface area contributed by atoms with Crippen LogP contribution < -0.4 is 14.8 Å². The van der Waals surface area contributed by atoms with Crippen molar-refractivity contribution in [2.24, 2.45) is 0 Å². The van der Waals surface area contributed by atoms with Crippen molar-refractivity contribution in [3.05, 3.63) is 58.3 Å². The fraction of sp³-hybridized carbons (Fsp3) is 0.200. The molecule has 1 aromatic heterocycles. The molecule has 0 saturated carbocycles. The molecule has 0 saturated heterocycles. The van der Waals surface area contributed by atoms with Gasteiger partial charge in [-0.25, -0.2) is 4.98 Å². The first-order chi connectivity index (χ1) is 13.9. The third kappa shape index (κ3) is 6.34. The molecule has 150 valence electrons. The Morgan fingerprint density at radius 2 is 2.17 bits per heavy atom. The first-order valence-corrected chi connectivity index (χ1v) is 8.40. The van der Waals surface area contributed by atoms with Crippen LogP contribution in [-0.4, -0.2) is 36.1 Å². The summed E-state index contributed by atoms with van der Waals surface area (Å²) in [5.41, 5.74) is 0.813. The van der Waals surface area contributed by atoms with E-state index in [2.05, 4.69) is 16.2 Å². The maximum atomic E-state index is 11.9. The standard InChI is InChI=1S/C20H19N3O6/c1-4-9-28-10-5-6-19(24)22-15-7-8-17(18(12-15)27-3)29-20-16(23(25)26)11-14(2)13-21-20/h1,5-8,11-13H,9-10H2,2-3H3,(H,22,24)/b6-5+. The number of rotatable bonds is 9.